The van der Waals surface area contributed by atoms with E-state index < -0.39 is 0 Å². The van der Waals surface area contributed by atoms with Crippen molar-refractivity contribution < 1.29 is 9.26 Å². The summed E-state index contributed by atoms with van der Waals surface area (Å²) in [4.78, 5) is 7.25. The van der Waals surface area contributed by atoms with E-state index in [1.54, 1.807) is 0 Å². The second-order valence-electron chi connectivity index (χ2n) is 7.75. The van der Waals surface area contributed by atoms with Crippen molar-refractivity contribution in [2.75, 3.05) is 32.8 Å². The Hall–Kier alpha value is -3.16. The molecule has 0 saturated carbocycles. The molecular formula is C25H31N5O2. The maximum absolute atomic E-state index is 5.50. The monoisotopic (exact) mass is 433 g/mol. The lowest BCUT2D eigenvalue weighted by Crippen LogP contribution is -2.37. The summed E-state index contributed by atoms with van der Waals surface area (Å²) in [5.41, 5.74) is 4.41. The van der Waals surface area contributed by atoms with Gasteiger partial charge in [0, 0.05) is 37.8 Å². The van der Waals surface area contributed by atoms with Crippen LogP contribution in [-0.4, -0.2) is 48.9 Å². The number of guanidine groups is 1. The van der Waals surface area contributed by atoms with Crippen molar-refractivity contribution >= 4 is 5.96 Å². The molecule has 168 valence electrons. The molecule has 3 aromatic rings. The minimum atomic E-state index is 0.539. The van der Waals surface area contributed by atoms with Gasteiger partial charge in [-0.25, -0.2) is 4.99 Å². The summed E-state index contributed by atoms with van der Waals surface area (Å²) in [7, 11) is 0. The summed E-state index contributed by atoms with van der Waals surface area (Å²) in [6, 6.07) is 20.5. The molecule has 0 atom stereocenters. The highest BCUT2D eigenvalue weighted by Crippen LogP contribution is 2.19. The minimum Gasteiger partial charge on any atom is -0.379 e. The lowest BCUT2D eigenvalue weighted by atomic mass is 10.1. The van der Waals surface area contributed by atoms with Gasteiger partial charge in [0.15, 0.2) is 11.7 Å². The van der Waals surface area contributed by atoms with Crippen LogP contribution < -0.4 is 10.6 Å². The number of ether oxygens (including phenoxy) is 1. The molecule has 0 unspecified atom stereocenters. The fourth-order valence-electron chi connectivity index (χ4n) is 3.68. The Morgan fingerprint density at radius 1 is 1.00 bits per heavy atom. The lowest BCUT2D eigenvalue weighted by molar-refractivity contribution is 0.0341. The van der Waals surface area contributed by atoms with Gasteiger partial charge >= 0.3 is 0 Å². The molecule has 1 fully saturated rings. The second kappa shape index (κ2) is 11.5. The maximum Gasteiger partial charge on any atom is 0.191 e. The number of hydrogen-bond acceptors (Lipinski definition) is 5. The molecule has 2 N–H and O–H groups in total. The molecule has 1 aliphatic rings. The van der Waals surface area contributed by atoms with Gasteiger partial charge in [0.1, 0.15) is 5.69 Å². The molecule has 7 nitrogen and oxygen atoms in total. The first-order chi connectivity index (χ1) is 15.8. The molecule has 32 heavy (non-hydrogen) atoms. The fraction of sp³-hybridized carbons (Fsp3) is 0.360. The molecule has 7 heteroatoms. The second-order valence-corrected chi connectivity index (χ2v) is 7.75. The molecule has 1 aliphatic heterocycles. The highest BCUT2D eigenvalue weighted by Gasteiger charge is 2.13. The van der Waals surface area contributed by atoms with Gasteiger partial charge in [-0.2, -0.15) is 0 Å². The topological polar surface area (TPSA) is 74.9 Å². The molecule has 0 spiro atoms. The standard InChI is InChI=1S/C25H31N5O2/c1-2-26-25(28-18-23-16-24(32-29-23)20-8-4-3-5-9-20)27-17-21-10-6-7-11-22(21)19-30-12-14-31-15-13-30/h3-11,16H,2,12-15,17-19H2,1H3,(H2,26,27,28). The zero-order valence-electron chi connectivity index (χ0n) is 18.6. The van der Waals surface area contributed by atoms with E-state index in [1.165, 1.54) is 11.1 Å². The summed E-state index contributed by atoms with van der Waals surface area (Å²) in [5.74, 6) is 1.53. The van der Waals surface area contributed by atoms with Crippen LogP contribution in [0.5, 0.6) is 0 Å². The largest absolute Gasteiger partial charge is 0.379 e. The van der Waals surface area contributed by atoms with Gasteiger partial charge in [-0.1, -0.05) is 59.8 Å². The first kappa shape index (κ1) is 22.0. The molecule has 0 aliphatic carbocycles. The molecule has 0 radical (unpaired) electrons. The fourth-order valence-corrected chi connectivity index (χ4v) is 3.68. The van der Waals surface area contributed by atoms with E-state index in [0.717, 1.165) is 62.4 Å². The van der Waals surface area contributed by atoms with Gasteiger partial charge in [0.2, 0.25) is 0 Å². The zero-order chi connectivity index (χ0) is 22.0. The molecular weight excluding hydrogens is 402 g/mol. The van der Waals surface area contributed by atoms with Crippen LogP contribution in [0.15, 0.2) is 70.2 Å². The van der Waals surface area contributed by atoms with Crippen LogP contribution in [0.2, 0.25) is 0 Å². The predicted octanol–water partition coefficient (Wildman–Crippen LogP) is 3.43. The first-order valence-corrected chi connectivity index (χ1v) is 11.2. The molecule has 1 saturated heterocycles. The maximum atomic E-state index is 5.50. The minimum absolute atomic E-state index is 0.539. The van der Waals surface area contributed by atoms with Crippen molar-refractivity contribution in [1.82, 2.24) is 20.7 Å². The quantitative estimate of drug-likeness (QED) is 0.419. The van der Waals surface area contributed by atoms with Crippen LogP contribution in [0.3, 0.4) is 0 Å². The Labute approximate surface area is 189 Å². The summed E-state index contributed by atoms with van der Waals surface area (Å²) < 4.78 is 11.0. The molecule has 0 amide bonds. The average Bonchev–Trinajstić information content (AvgIpc) is 3.32. The van der Waals surface area contributed by atoms with Crippen molar-refractivity contribution in [3.63, 3.8) is 0 Å². The van der Waals surface area contributed by atoms with Crippen molar-refractivity contribution in [3.8, 4) is 11.3 Å². The number of benzene rings is 2. The summed E-state index contributed by atoms with van der Waals surface area (Å²) in [5, 5.41) is 10.9. The number of nitrogens with zero attached hydrogens (tertiary/aromatic N) is 3. The Morgan fingerprint density at radius 3 is 2.53 bits per heavy atom. The summed E-state index contributed by atoms with van der Waals surface area (Å²) in [6.07, 6.45) is 0. The number of morpholine rings is 1. The van der Waals surface area contributed by atoms with Gasteiger partial charge in [0.05, 0.1) is 26.3 Å². The van der Waals surface area contributed by atoms with E-state index in [9.17, 15) is 0 Å². The van der Waals surface area contributed by atoms with Crippen molar-refractivity contribution in [3.05, 3.63) is 77.5 Å². The van der Waals surface area contributed by atoms with Gasteiger partial charge < -0.3 is 19.9 Å². The third kappa shape index (κ3) is 6.18. The molecule has 1 aromatic heterocycles. The summed E-state index contributed by atoms with van der Waals surface area (Å²) >= 11 is 0. The van der Waals surface area contributed by atoms with Crippen LogP contribution in [0.1, 0.15) is 23.7 Å². The third-order valence-corrected chi connectivity index (χ3v) is 5.42. The van der Waals surface area contributed by atoms with E-state index in [2.05, 4.69) is 51.9 Å². The molecule has 0 bridgehead atoms. The van der Waals surface area contributed by atoms with Crippen LogP contribution in [0.25, 0.3) is 11.3 Å². The Balaban J connectivity index is 1.38. The van der Waals surface area contributed by atoms with Crippen LogP contribution in [0.4, 0.5) is 0 Å². The van der Waals surface area contributed by atoms with Gasteiger partial charge in [-0.05, 0) is 18.1 Å². The van der Waals surface area contributed by atoms with E-state index >= 15 is 0 Å². The van der Waals surface area contributed by atoms with E-state index in [0.29, 0.717) is 13.1 Å². The summed E-state index contributed by atoms with van der Waals surface area (Å²) in [6.45, 7) is 8.50. The van der Waals surface area contributed by atoms with Crippen molar-refractivity contribution in [2.24, 2.45) is 4.99 Å². The predicted molar refractivity (Wildman–Crippen MR) is 126 cm³/mol. The third-order valence-electron chi connectivity index (χ3n) is 5.42. The number of nitrogens with one attached hydrogen (secondary N) is 2. The Kier molecular flexibility index (Phi) is 7.89. The zero-order valence-corrected chi connectivity index (χ0v) is 18.6. The number of aliphatic imine (C=N–C) groups is 1. The van der Waals surface area contributed by atoms with Crippen LogP contribution in [0, 0.1) is 0 Å². The number of hydrogen-bond donors (Lipinski definition) is 2. The van der Waals surface area contributed by atoms with E-state index in [-0.39, 0.29) is 0 Å². The van der Waals surface area contributed by atoms with Gasteiger partial charge in [-0.3, -0.25) is 4.90 Å². The Bertz CT molecular complexity index is 996. The van der Waals surface area contributed by atoms with Crippen LogP contribution in [-0.2, 0) is 24.4 Å². The SMILES string of the molecule is CCNC(=NCc1ccccc1CN1CCOCC1)NCc1cc(-c2ccccc2)on1. The smallest absolute Gasteiger partial charge is 0.191 e. The lowest BCUT2D eigenvalue weighted by Gasteiger charge is -2.27. The molecule has 4 rings (SSSR count). The van der Waals surface area contributed by atoms with Gasteiger partial charge in [-0.15, -0.1) is 0 Å². The normalized spacial score (nSPS) is 15.0. The van der Waals surface area contributed by atoms with E-state index in [1.807, 2.05) is 36.4 Å². The van der Waals surface area contributed by atoms with Crippen molar-refractivity contribution in [2.45, 2.75) is 26.6 Å². The van der Waals surface area contributed by atoms with E-state index in [4.69, 9.17) is 14.3 Å². The first-order valence-electron chi connectivity index (χ1n) is 11.2. The highest BCUT2D eigenvalue weighted by atomic mass is 16.5. The number of aromatic nitrogens is 1. The average molecular weight is 434 g/mol. The highest BCUT2D eigenvalue weighted by molar-refractivity contribution is 5.79. The van der Waals surface area contributed by atoms with Crippen molar-refractivity contribution in [1.29, 1.82) is 0 Å². The molecule has 2 aromatic carbocycles. The number of rotatable bonds is 8. The van der Waals surface area contributed by atoms with Crippen LogP contribution >= 0.6 is 0 Å². The Morgan fingerprint density at radius 2 is 1.75 bits per heavy atom. The molecule has 2 heterocycles. The van der Waals surface area contributed by atoms with Gasteiger partial charge in [0.25, 0.3) is 0 Å².